The fourth-order valence-electron chi connectivity index (χ4n) is 4.19. The van der Waals surface area contributed by atoms with Gasteiger partial charge in [0.2, 0.25) is 10.0 Å². The number of imidazole rings is 1. The number of nitrogens with one attached hydrogen (secondary N) is 1. The number of pyridine rings is 1. The standard InChI is InChI=1S/C24H28N4O2S/c1-5-9-22-26-21-15-25-20-14-18(17-10-7-6-8-11-17)12-13-19(20)23(21)28(22)16-24(2,3)27-31(4,29)30/h6-8,10-15,27H,5,9,16H2,1-4H3. The highest BCUT2D eigenvalue weighted by Gasteiger charge is 2.26. The number of benzene rings is 2. The monoisotopic (exact) mass is 436 g/mol. The number of hydrogen-bond donors (Lipinski definition) is 1. The van der Waals surface area contributed by atoms with Crippen LogP contribution in [-0.2, 0) is 23.0 Å². The van der Waals surface area contributed by atoms with Gasteiger partial charge in [0.05, 0.1) is 23.5 Å². The van der Waals surface area contributed by atoms with Gasteiger partial charge in [0, 0.05) is 23.9 Å². The van der Waals surface area contributed by atoms with Crippen molar-refractivity contribution in [3.63, 3.8) is 0 Å². The second-order valence-corrected chi connectivity index (χ2v) is 10.5. The van der Waals surface area contributed by atoms with E-state index in [1.54, 1.807) is 0 Å². The molecule has 0 atom stereocenters. The normalized spacial score (nSPS) is 12.6. The number of aryl methyl sites for hydroxylation is 1. The molecule has 0 fully saturated rings. The zero-order valence-electron chi connectivity index (χ0n) is 18.4. The Balaban J connectivity index is 1.88. The summed E-state index contributed by atoms with van der Waals surface area (Å²) in [5, 5.41) is 1.02. The van der Waals surface area contributed by atoms with E-state index in [1.165, 1.54) is 6.26 Å². The lowest BCUT2D eigenvalue weighted by Crippen LogP contribution is -2.46. The first kappa shape index (κ1) is 21.5. The van der Waals surface area contributed by atoms with Gasteiger partial charge in [-0.1, -0.05) is 49.4 Å². The van der Waals surface area contributed by atoms with Crippen LogP contribution in [0.2, 0.25) is 0 Å². The molecule has 2 heterocycles. The third-order valence-corrected chi connectivity index (χ3v) is 6.17. The van der Waals surface area contributed by atoms with Crippen molar-refractivity contribution in [3.05, 3.63) is 60.6 Å². The maximum absolute atomic E-state index is 11.9. The second kappa shape index (κ2) is 8.05. The molecule has 4 rings (SSSR count). The molecule has 0 bridgehead atoms. The van der Waals surface area contributed by atoms with Gasteiger partial charge in [0.25, 0.3) is 0 Å². The predicted octanol–water partition coefficient (Wildman–Crippen LogP) is 4.53. The highest BCUT2D eigenvalue weighted by Crippen LogP contribution is 2.30. The van der Waals surface area contributed by atoms with Gasteiger partial charge in [-0.25, -0.2) is 18.1 Å². The van der Waals surface area contributed by atoms with E-state index < -0.39 is 15.6 Å². The van der Waals surface area contributed by atoms with E-state index in [0.717, 1.165) is 51.7 Å². The van der Waals surface area contributed by atoms with E-state index in [-0.39, 0.29) is 0 Å². The van der Waals surface area contributed by atoms with Crippen molar-refractivity contribution < 1.29 is 8.42 Å². The molecule has 4 aromatic rings. The first-order valence-electron chi connectivity index (χ1n) is 10.5. The predicted molar refractivity (Wildman–Crippen MR) is 127 cm³/mol. The minimum absolute atomic E-state index is 0.478. The Labute approximate surface area is 183 Å². The minimum Gasteiger partial charge on any atom is -0.325 e. The Hall–Kier alpha value is -2.77. The van der Waals surface area contributed by atoms with E-state index in [4.69, 9.17) is 4.98 Å². The van der Waals surface area contributed by atoms with Gasteiger partial charge in [-0.2, -0.15) is 0 Å². The number of sulfonamides is 1. The van der Waals surface area contributed by atoms with E-state index >= 15 is 0 Å². The van der Waals surface area contributed by atoms with Gasteiger partial charge in [0.1, 0.15) is 11.3 Å². The van der Waals surface area contributed by atoms with Crippen molar-refractivity contribution >= 4 is 32.0 Å². The number of aromatic nitrogens is 3. The molecule has 2 aromatic carbocycles. The molecule has 31 heavy (non-hydrogen) atoms. The number of hydrogen-bond acceptors (Lipinski definition) is 4. The molecule has 0 unspecified atom stereocenters. The maximum Gasteiger partial charge on any atom is 0.209 e. The first-order chi connectivity index (χ1) is 14.7. The summed E-state index contributed by atoms with van der Waals surface area (Å²) in [6.45, 7) is 6.39. The van der Waals surface area contributed by atoms with Gasteiger partial charge in [0.15, 0.2) is 0 Å². The largest absolute Gasteiger partial charge is 0.325 e. The average molecular weight is 437 g/mol. The third-order valence-electron chi connectivity index (χ3n) is 5.25. The molecular formula is C24H28N4O2S. The summed E-state index contributed by atoms with van der Waals surface area (Å²) in [5.74, 6) is 0.947. The van der Waals surface area contributed by atoms with Crippen LogP contribution in [0.4, 0.5) is 0 Å². The molecule has 162 valence electrons. The zero-order chi connectivity index (χ0) is 22.2. The molecule has 0 aliphatic rings. The van der Waals surface area contributed by atoms with Gasteiger partial charge in [-0.15, -0.1) is 0 Å². The number of nitrogens with zero attached hydrogens (tertiary/aromatic N) is 3. The van der Waals surface area contributed by atoms with Crippen LogP contribution in [0.25, 0.3) is 33.1 Å². The fourth-order valence-corrected chi connectivity index (χ4v) is 5.26. The summed E-state index contributed by atoms with van der Waals surface area (Å²) in [7, 11) is -3.34. The van der Waals surface area contributed by atoms with Crippen LogP contribution in [-0.4, -0.2) is 34.7 Å². The summed E-state index contributed by atoms with van der Waals surface area (Å²) in [6, 6.07) is 16.5. The van der Waals surface area contributed by atoms with E-state index in [0.29, 0.717) is 6.54 Å². The van der Waals surface area contributed by atoms with Gasteiger partial charge in [-0.05, 0) is 37.5 Å². The lowest BCUT2D eigenvalue weighted by Gasteiger charge is -2.27. The van der Waals surface area contributed by atoms with Crippen molar-refractivity contribution in [1.29, 1.82) is 0 Å². The molecule has 6 nitrogen and oxygen atoms in total. The van der Waals surface area contributed by atoms with Crippen molar-refractivity contribution in [3.8, 4) is 11.1 Å². The molecule has 0 radical (unpaired) electrons. The second-order valence-electron chi connectivity index (χ2n) is 8.71. The Morgan fingerprint density at radius 2 is 1.77 bits per heavy atom. The third kappa shape index (κ3) is 4.62. The highest BCUT2D eigenvalue weighted by atomic mass is 32.2. The average Bonchev–Trinajstić information content (AvgIpc) is 3.03. The SMILES string of the molecule is CCCc1nc2cnc3cc(-c4ccccc4)ccc3c2n1CC(C)(C)NS(C)(=O)=O. The van der Waals surface area contributed by atoms with Crippen LogP contribution in [0.1, 0.15) is 33.0 Å². The van der Waals surface area contributed by atoms with Crippen LogP contribution >= 0.6 is 0 Å². The van der Waals surface area contributed by atoms with Crippen LogP contribution in [0.15, 0.2) is 54.7 Å². The Bertz CT molecular complexity index is 1340. The van der Waals surface area contributed by atoms with Crippen LogP contribution in [0, 0.1) is 0 Å². The van der Waals surface area contributed by atoms with Crippen molar-refractivity contribution in [2.24, 2.45) is 0 Å². The lowest BCUT2D eigenvalue weighted by molar-refractivity contribution is 0.390. The summed E-state index contributed by atoms with van der Waals surface area (Å²) in [5.41, 5.74) is 4.31. The lowest BCUT2D eigenvalue weighted by atomic mass is 10.0. The van der Waals surface area contributed by atoms with Gasteiger partial charge < -0.3 is 4.57 Å². The molecule has 2 aromatic heterocycles. The quantitative estimate of drug-likeness (QED) is 0.462. The molecule has 0 aliphatic carbocycles. The van der Waals surface area contributed by atoms with Crippen molar-refractivity contribution in [2.75, 3.05) is 6.26 Å². The van der Waals surface area contributed by atoms with Crippen LogP contribution in [0.3, 0.4) is 0 Å². The topological polar surface area (TPSA) is 76.9 Å². The Morgan fingerprint density at radius 1 is 1.03 bits per heavy atom. The molecule has 0 saturated carbocycles. The van der Waals surface area contributed by atoms with E-state index in [9.17, 15) is 8.42 Å². The Kier molecular flexibility index (Phi) is 5.58. The maximum atomic E-state index is 11.9. The number of fused-ring (bicyclic) bond motifs is 3. The first-order valence-corrected chi connectivity index (χ1v) is 12.4. The zero-order valence-corrected chi connectivity index (χ0v) is 19.2. The smallest absolute Gasteiger partial charge is 0.209 e. The molecule has 0 spiro atoms. The summed E-state index contributed by atoms with van der Waals surface area (Å²) in [4.78, 5) is 9.52. The van der Waals surface area contributed by atoms with E-state index in [1.807, 2.05) is 38.2 Å². The van der Waals surface area contributed by atoms with Gasteiger partial charge in [-0.3, -0.25) is 4.98 Å². The fraction of sp³-hybridized carbons (Fsp3) is 0.333. The van der Waals surface area contributed by atoms with Crippen LogP contribution < -0.4 is 4.72 Å². The molecule has 7 heteroatoms. The van der Waals surface area contributed by atoms with Crippen molar-refractivity contribution in [2.45, 2.75) is 45.7 Å². The van der Waals surface area contributed by atoms with Crippen LogP contribution in [0.5, 0.6) is 0 Å². The molecule has 1 N–H and O–H groups in total. The minimum atomic E-state index is -3.34. The summed E-state index contributed by atoms with van der Waals surface area (Å²) < 4.78 is 28.7. The molecule has 0 aliphatic heterocycles. The number of rotatable bonds is 7. The van der Waals surface area contributed by atoms with Crippen molar-refractivity contribution in [1.82, 2.24) is 19.3 Å². The molecule has 0 amide bonds. The Morgan fingerprint density at radius 3 is 2.45 bits per heavy atom. The summed E-state index contributed by atoms with van der Waals surface area (Å²) >= 11 is 0. The highest BCUT2D eigenvalue weighted by molar-refractivity contribution is 7.88. The molecule has 0 saturated heterocycles. The summed E-state index contributed by atoms with van der Waals surface area (Å²) in [6.07, 6.45) is 4.78. The van der Waals surface area contributed by atoms with E-state index in [2.05, 4.69) is 51.5 Å². The van der Waals surface area contributed by atoms with Gasteiger partial charge >= 0.3 is 0 Å². The molecular weight excluding hydrogens is 408 g/mol.